The standard InChI is InChI=1S/C29H30F2O5S/c1-15-22(26(28(32)33)36-29(2,3)4)23(18-11-16-7-5-9-34-24(16)20(30)13-18)27(37-15)19-12-17-8-6-10-35-25(17)21(31)14-19/h11-14,26H,5-10H2,1-4H3,(H,32,33). The van der Waals surface area contributed by atoms with E-state index in [1.807, 2.05) is 19.1 Å². The number of halogens is 2. The van der Waals surface area contributed by atoms with Gasteiger partial charge >= 0.3 is 5.97 Å². The van der Waals surface area contributed by atoms with E-state index in [0.717, 1.165) is 24.0 Å². The second-order valence-electron chi connectivity index (χ2n) is 10.5. The van der Waals surface area contributed by atoms with Gasteiger partial charge in [-0.05, 0) is 99.9 Å². The number of aliphatic carboxylic acids is 1. The average molecular weight is 529 g/mol. The van der Waals surface area contributed by atoms with E-state index in [1.54, 1.807) is 20.8 Å². The maximum Gasteiger partial charge on any atom is 0.337 e. The molecule has 1 atom stereocenters. The van der Waals surface area contributed by atoms with Gasteiger partial charge in [0.1, 0.15) is 0 Å². The van der Waals surface area contributed by atoms with Crippen LogP contribution in [-0.2, 0) is 22.4 Å². The van der Waals surface area contributed by atoms with E-state index in [4.69, 9.17) is 14.2 Å². The Morgan fingerprint density at radius 1 is 0.973 bits per heavy atom. The number of rotatable bonds is 5. The van der Waals surface area contributed by atoms with Crippen LogP contribution in [0.4, 0.5) is 8.78 Å². The first kappa shape index (κ1) is 25.7. The molecule has 0 saturated carbocycles. The predicted octanol–water partition coefficient (Wildman–Crippen LogP) is 7.26. The van der Waals surface area contributed by atoms with Crippen molar-refractivity contribution in [1.29, 1.82) is 0 Å². The molecule has 2 aliphatic heterocycles. The van der Waals surface area contributed by atoms with Gasteiger partial charge in [0.2, 0.25) is 0 Å². The molecule has 1 unspecified atom stereocenters. The molecule has 3 heterocycles. The number of fused-ring (bicyclic) bond motifs is 2. The minimum atomic E-state index is -1.29. The minimum Gasteiger partial charge on any atom is -0.490 e. The van der Waals surface area contributed by atoms with Crippen LogP contribution in [-0.4, -0.2) is 29.9 Å². The molecule has 1 aromatic heterocycles. The third-order valence-corrected chi connectivity index (χ3v) is 7.72. The van der Waals surface area contributed by atoms with Crippen molar-refractivity contribution in [3.05, 3.63) is 57.5 Å². The molecular weight excluding hydrogens is 498 g/mol. The van der Waals surface area contributed by atoms with Crippen LogP contribution < -0.4 is 9.47 Å². The average Bonchev–Trinajstić information content (AvgIpc) is 3.18. The lowest BCUT2D eigenvalue weighted by Gasteiger charge is -2.26. The van der Waals surface area contributed by atoms with Gasteiger partial charge in [0.05, 0.1) is 18.8 Å². The summed E-state index contributed by atoms with van der Waals surface area (Å²) in [5, 5.41) is 10.2. The molecule has 5 nitrogen and oxygen atoms in total. The van der Waals surface area contributed by atoms with Crippen LogP contribution in [0.1, 0.15) is 61.3 Å². The summed E-state index contributed by atoms with van der Waals surface area (Å²) >= 11 is 1.36. The number of hydrogen-bond acceptors (Lipinski definition) is 5. The van der Waals surface area contributed by atoms with Gasteiger partial charge in [0.25, 0.3) is 0 Å². The van der Waals surface area contributed by atoms with Crippen molar-refractivity contribution in [3.8, 4) is 33.1 Å². The molecule has 196 valence electrons. The van der Waals surface area contributed by atoms with Crippen molar-refractivity contribution in [2.75, 3.05) is 13.2 Å². The van der Waals surface area contributed by atoms with Crippen molar-refractivity contribution in [2.24, 2.45) is 0 Å². The van der Waals surface area contributed by atoms with E-state index in [1.165, 1.54) is 23.5 Å². The third kappa shape index (κ3) is 4.97. The predicted molar refractivity (Wildman–Crippen MR) is 139 cm³/mol. The fourth-order valence-electron chi connectivity index (χ4n) is 5.09. The molecule has 3 aromatic rings. The Hall–Kier alpha value is -2.97. The van der Waals surface area contributed by atoms with Gasteiger partial charge in [0, 0.05) is 20.9 Å². The van der Waals surface area contributed by atoms with Crippen LogP contribution in [0.15, 0.2) is 24.3 Å². The molecule has 0 saturated heterocycles. The number of benzene rings is 2. The summed E-state index contributed by atoms with van der Waals surface area (Å²) in [7, 11) is 0. The van der Waals surface area contributed by atoms with Gasteiger partial charge in [-0.25, -0.2) is 13.6 Å². The molecular formula is C29H30F2O5S. The van der Waals surface area contributed by atoms with E-state index in [9.17, 15) is 9.90 Å². The van der Waals surface area contributed by atoms with Gasteiger partial charge in [-0.2, -0.15) is 0 Å². The number of ether oxygens (including phenoxy) is 3. The topological polar surface area (TPSA) is 65.0 Å². The Balaban J connectivity index is 1.78. The SMILES string of the molecule is Cc1sc(-c2cc(F)c3c(c2)CCCO3)c(-c2cc(F)c3c(c2)CCCO3)c1C(OC(C)(C)C)C(=O)O. The zero-order valence-corrected chi connectivity index (χ0v) is 22.2. The molecule has 0 fully saturated rings. The minimum absolute atomic E-state index is 0.239. The number of aryl methyl sites for hydroxylation is 3. The van der Waals surface area contributed by atoms with Crippen LogP contribution in [0.2, 0.25) is 0 Å². The highest BCUT2D eigenvalue weighted by Gasteiger charge is 2.34. The number of hydrogen-bond donors (Lipinski definition) is 1. The molecule has 2 aromatic carbocycles. The Kier molecular flexibility index (Phi) is 6.75. The van der Waals surface area contributed by atoms with E-state index in [2.05, 4.69) is 0 Å². The normalized spacial score (nSPS) is 15.8. The van der Waals surface area contributed by atoms with E-state index in [-0.39, 0.29) is 11.5 Å². The fraction of sp³-hybridized carbons (Fsp3) is 0.414. The van der Waals surface area contributed by atoms with Crippen LogP contribution in [0, 0.1) is 18.6 Å². The van der Waals surface area contributed by atoms with Crippen molar-refractivity contribution in [3.63, 3.8) is 0 Å². The van der Waals surface area contributed by atoms with Crippen molar-refractivity contribution >= 4 is 17.3 Å². The molecule has 0 spiro atoms. The number of thiophene rings is 1. The summed E-state index contributed by atoms with van der Waals surface area (Å²) in [6.45, 7) is 8.12. The molecule has 0 amide bonds. The molecule has 2 aliphatic rings. The smallest absolute Gasteiger partial charge is 0.337 e. The van der Waals surface area contributed by atoms with E-state index >= 15 is 8.78 Å². The van der Waals surface area contributed by atoms with E-state index < -0.39 is 29.3 Å². The lowest BCUT2D eigenvalue weighted by atomic mass is 9.91. The van der Waals surface area contributed by atoms with Crippen molar-refractivity contribution in [2.45, 2.75) is 65.1 Å². The molecule has 0 radical (unpaired) electrons. The summed E-state index contributed by atoms with van der Waals surface area (Å²) in [5.74, 6) is -1.60. The van der Waals surface area contributed by atoms with E-state index in [0.29, 0.717) is 58.1 Å². The van der Waals surface area contributed by atoms with Crippen LogP contribution in [0.3, 0.4) is 0 Å². The highest BCUT2D eigenvalue weighted by molar-refractivity contribution is 7.16. The lowest BCUT2D eigenvalue weighted by molar-refractivity contribution is -0.160. The summed E-state index contributed by atoms with van der Waals surface area (Å²) in [5.41, 5.74) is 2.87. The molecule has 0 aliphatic carbocycles. The van der Waals surface area contributed by atoms with Gasteiger partial charge in [-0.15, -0.1) is 11.3 Å². The summed E-state index contributed by atoms with van der Waals surface area (Å²) in [6, 6.07) is 6.56. The van der Waals surface area contributed by atoms with Crippen LogP contribution in [0.25, 0.3) is 21.6 Å². The summed E-state index contributed by atoms with van der Waals surface area (Å²) < 4.78 is 47.6. The fourth-order valence-corrected chi connectivity index (χ4v) is 6.28. The first-order valence-electron chi connectivity index (χ1n) is 12.5. The zero-order chi connectivity index (χ0) is 26.5. The Morgan fingerprint density at radius 3 is 2.05 bits per heavy atom. The van der Waals surface area contributed by atoms with Crippen LogP contribution in [0.5, 0.6) is 11.5 Å². The second-order valence-corrected chi connectivity index (χ2v) is 11.7. The van der Waals surface area contributed by atoms with Crippen molar-refractivity contribution < 1.29 is 32.9 Å². The number of carboxylic acid groups (broad SMARTS) is 1. The van der Waals surface area contributed by atoms with Gasteiger partial charge in [0.15, 0.2) is 29.2 Å². The Morgan fingerprint density at radius 2 is 1.51 bits per heavy atom. The number of carbonyl (C=O) groups is 1. The molecule has 5 rings (SSSR count). The monoisotopic (exact) mass is 528 g/mol. The molecule has 0 bridgehead atoms. The summed E-state index contributed by atoms with van der Waals surface area (Å²) in [4.78, 5) is 13.9. The molecule has 1 N–H and O–H groups in total. The first-order valence-corrected chi connectivity index (χ1v) is 13.3. The van der Waals surface area contributed by atoms with Gasteiger partial charge < -0.3 is 19.3 Å². The van der Waals surface area contributed by atoms with Gasteiger partial charge in [-0.1, -0.05) is 0 Å². The maximum absolute atomic E-state index is 15.3. The van der Waals surface area contributed by atoms with Crippen molar-refractivity contribution in [1.82, 2.24) is 0 Å². The second kappa shape index (κ2) is 9.72. The third-order valence-electron chi connectivity index (χ3n) is 6.55. The maximum atomic E-state index is 15.3. The Labute approximate surface area is 219 Å². The van der Waals surface area contributed by atoms with Gasteiger partial charge in [-0.3, -0.25) is 0 Å². The molecule has 8 heteroatoms. The largest absolute Gasteiger partial charge is 0.490 e. The molecule has 37 heavy (non-hydrogen) atoms. The summed E-state index contributed by atoms with van der Waals surface area (Å²) in [6.07, 6.45) is 1.59. The zero-order valence-electron chi connectivity index (χ0n) is 21.4. The number of carboxylic acids is 1. The lowest BCUT2D eigenvalue weighted by Crippen LogP contribution is -2.27. The first-order chi connectivity index (χ1) is 17.5. The quantitative estimate of drug-likeness (QED) is 0.378. The highest BCUT2D eigenvalue weighted by Crippen LogP contribution is 2.49. The Bertz CT molecular complexity index is 1370. The highest BCUT2D eigenvalue weighted by atomic mass is 32.1. The van der Waals surface area contributed by atoms with Crippen LogP contribution >= 0.6 is 11.3 Å².